The van der Waals surface area contributed by atoms with Gasteiger partial charge in [0, 0.05) is 18.2 Å². The summed E-state index contributed by atoms with van der Waals surface area (Å²) in [5, 5.41) is 0. The van der Waals surface area contributed by atoms with E-state index in [2.05, 4.69) is 30.7 Å². The van der Waals surface area contributed by atoms with E-state index in [1.165, 1.54) is 0 Å². The minimum Gasteiger partial charge on any atom is -0.384 e. The molecule has 3 nitrogen and oxygen atoms in total. The van der Waals surface area contributed by atoms with Crippen molar-refractivity contribution in [2.45, 2.75) is 33.6 Å². The van der Waals surface area contributed by atoms with Gasteiger partial charge in [-0.3, -0.25) is 0 Å². The SMILES string of the molecule is CCc1cc(N)nc(CC(C)C)n1. The van der Waals surface area contributed by atoms with E-state index < -0.39 is 0 Å². The number of aromatic nitrogens is 2. The highest BCUT2D eigenvalue weighted by Crippen LogP contribution is 2.07. The third-order valence-electron chi connectivity index (χ3n) is 1.80. The summed E-state index contributed by atoms with van der Waals surface area (Å²) in [4.78, 5) is 8.59. The maximum Gasteiger partial charge on any atom is 0.131 e. The molecule has 0 amide bonds. The predicted octanol–water partition coefficient (Wildman–Crippen LogP) is 1.82. The van der Waals surface area contributed by atoms with Crippen LogP contribution < -0.4 is 5.73 Å². The summed E-state index contributed by atoms with van der Waals surface area (Å²) in [5.74, 6) is 2.03. The Bertz CT molecular complexity index is 281. The number of nitrogens with zero attached hydrogens (tertiary/aromatic N) is 2. The lowest BCUT2D eigenvalue weighted by molar-refractivity contribution is 0.618. The van der Waals surface area contributed by atoms with Gasteiger partial charge < -0.3 is 5.73 Å². The molecule has 0 aliphatic heterocycles. The van der Waals surface area contributed by atoms with Crippen LogP contribution in [0.5, 0.6) is 0 Å². The van der Waals surface area contributed by atoms with Crippen molar-refractivity contribution in [3.63, 3.8) is 0 Å². The molecular formula is C10H17N3. The highest BCUT2D eigenvalue weighted by Gasteiger charge is 2.03. The summed E-state index contributed by atoms with van der Waals surface area (Å²) in [6, 6.07) is 1.84. The second-order valence-corrected chi connectivity index (χ2v) is 3.65. The molecule has 0 radical (unpaired) electrons. The molecule has 0 spiro atoms. The van der Waals surface area contributed by atoms with E-state index >= 15 is 0 Å². The molecule has 0 aliphatic carbocycles. The van der Waals surface area contributed by atoms with Gasteiger partial charge in [0.25, 0.3) is 0 Å². The van der Waals surface area contributed by atoms with Crippen molar-refractivity contribution in [3.05, 3.63) is 17.6 Å². The fraction of sp³-hybridized carbons (Fsp3) is 0.600. The van der Waals surface area contributed by atoms with Crippen LogP contribution in [-0.4, -0.2) is 9.97 Å². The topological polar surface area (TPSA) is 51.8 Å². The highest BCUT2D eigenvalue weighted by molar-refractivity contribution is 5.29. The van der Waals surface area contributed by atoms with Crippen LogP contribution in [0.3, 0.4) is 0 Å². The minimum atomic E-state index is 0.575. The van der Waals surface area contributed by atoms with E-state index in [1.54, 1.807) is 0 Å². The van der Waals surface area contributed by atoms with Crippen LogP contribution in [0.15, 0.2) is 6.07 Å². The molecule has 3 heteroatoms. The number of anilines is 1. The van der Waals surface area contributed by atoms with Crippen LogP contribution in [0.25, 0.3) is 0 Å². The number of hydrogen-bond donors (Lipinski definition) is 1. The number of rotatable bonds is 3. The van der Waals surface area contributed by atoms with Gasteiger partial charge in [-0.1, -0.05) is 20.8 Å². The predicted molar refractivity (Wildman–Crippen MR) is 54.4 cm³/mol. The normalized spacial score (nSPS) is 10.8. The standard InChI is InChI=1S/C10H17N3/c1-4-8-6-9(11)13-10(12-8)5-7(2)3/h6-7H,4-5H2,1-3H3,(H2,11,12,13). The van der Waals surface area contributed by atoms with Gasteiger partial charge in [0.1, 0.15) is 11.6 Å². The fourth-order valence-corrected chi connectivity index (χ4v) is 1.21. The lowest BCUT2D eigenvalue weighted by Crippen LogP contribution is -2.05. The average molecular weight is 179 g/mol. The molecule has 1 heterocycles. The van der Waals surface area contributed by atoms with Crippen molar-refractivity contribution < 1.29 is 0 Å². The molecular weight excluding hydrogens is 162 g/mol. The summed E-state index contributed by atoms with van der Waals surface area (Å²) in [5.41, 5.74) is 6.69. The van der Waals surface area contributed by atoms with Crippen molar-refractivity contribution in [2.24, 2.45) is 5.92 Å². The number of hydrogen-bond acceptors (Lipinski definition) is 3. The average Bonchev–Trinajstić information content (AvgIpc) is 2.01. The molecule has 0 bridgehead atoms. The highest BCUT2D eigenvalue weighted by atomic mass is 14.9. The molecule has 0 saturated heterocycles. The fourth-order valence-electron chi connectivity index (χ4n) is 1.21. The Balaban J connectivity index is 2.88. The lowest BCUT2D eigenvalue weighted by Gasteiger charge is -2.05. The molecule has 13 heavy (non-hydrogen) atoms. The van der Waals surface area contributed by atoms with E-state index in [1.807, 2.05) is 6.07 Å². The molecule has 0 unspecified atom stereocenters. The van der Waals surface area contributed by atoms with Gasteiger partial charge in [-0.05, 0) is 12.3 Å². The molecule has 0 saturated carbocycles. The van der Waals surface area contributed by atoms with Crippen LogP contribution >= 0.6 is 0 Å². The largest absolute Gasteiger partial charge is 0.384 e. The van der Waals surface area contributed by atoms with Crippen molar-refractivity contribution in [1.29, 1.82) is 0 Å². The first-order valence-electron chi connectivity index (χ1n) is 4.74. The van der Waals surface area contributed by atoms with Gasteiger partial charge in [-0.25, -0.2) is 9.97 Å². The minimum absolute atomic E-state index is 0.575. The summed E-state index contributed by atoms with van der Waals surface area (Å²) in [7, 11) is 0. The molecule has 1 aromatic rings. The zero-order valence-corrected chi connectivity index (χ0v) is 8.54. The van der Waals surface area contributed by atoms with Crippen LogP contribution in [0.1, 0.15) is 32.3 Å². The van der Waals surface area contributed by atoms with E-state index in [9.17, 15) is 0 Å². The Labute approximate surface area is 79.4 Å². The monoisotopic (exact) mass is 179 g/mol. The van der Waals surface area contributed by atoms with Crippen LogP contribution in [0, 0.1) is 5.92 Å². The van der Waals surface area contributed by atoms with Crippen LogP contribution in [0.2, 0.25) is 0 Å². The first-order chi connectivity index (χ1) is 6.11. The first kappa shape index (κ1) is 9.96. The van der Waals surface area contributed by atoms with Crippen molar-refractivity contribution >= 4 is 5.82 Å². The van der Waals surface area contributed by atoms with Gasteiger partial charge in [-0.15, -0.1) is 0 Å². The van der Waals surface area contributed by atoms with Gasteiger partial charge in [0.2, 0.25) is 0 Å². The van der Waals surface area contributed by atoms with Crippen LogP contribution in [0.4, 0.5) is 5.82 Å². The number of nitrogens with two attached hydrogens (primary N) is 1. The van der Waals surface area contributed by atoms with Crippen LogP contribution in [-0.2, 0) is 12.8 Å². The van der Waals surface area contributed by atoms with E-state index in [4.69, 9.17) is 5.73 Å². The molecule has 0 atom stereocenters. The molecule has 1 aromatic heterocycles. The zero-order chi connectivity index (χ0) is 9.84. The second-order valence-electron chi connectivity index (χ2n) is 3.65. The Morgan fingerprint density at radius 1 is 1.38 bits per heavy atom. The summed E-state index contributed by atoms with van der Waals surface area (Å²) >= 11 is 0. The Morgan fingerprint density at radius 2 is 2.08 bits per heavy atom. The second kappa shape index (κ2) is 4.21. The molecule has 1 rings (SSSR count). The Morgan fingerprint density at radius 3 is 2.62 bits per heavy atom. The summed E-state index contributed by atoms with van der Waals surface area (Å²) < 4.78 is 0. The first-order valence-corrected chi connectivity index (χ1v) is 4.74. The van der Waals surface area contributed by atoms with Gasteiger partial charge >= 0.3 is 0 Å². The summed E-state index contributed by atoms with van der Waals surface area (Å²) in [6.07, 6.45) is 1.82. The van der Waals surface area contributed by atoms with Gasteiger partial charge in [-0.2, -0.15) is 0 Å². The van der Waals surface area contributed by atoms with E-state index in [0.29, 0.717) is 11.7 Å². The van der Waals surface area contributed by atoms with Gasteiger partial charge in [0.05, 0.1) is 0 Å². The third-order valence-corrected chi connectivity index (χ3v) is 1.80. The lowest BCUT2D eigenvalue weighted by atomic mass is 10.1. The Hall–Kier alpha value is -1.12. The quantitative estimate of drug-likeness (QED) is 0.770. The smallest absolute Gasteiger partial charge is 0.131 e. The van der Waals surface area contributed by atoms with E-state index in [0.717, 1.165) is 24.4 Å². The van der Waals surface area contributed by atoms with Gasteiger partial charge in [0.15, 0.2) is 0 Å². The molecule has 0 fully saturated rings. The van der Waals surface area contributed by atoms with Crippen molar-refractivity contribution in [2.75, 3.05) is 5.73 Å². The number of aryl methyl sites for hydroxylation is 1. The molecule has 0 aromatic carbocycles. The molecule has 2 N–H and O–H groups in total. The van der Waals surface area contributed by atoms with E-state index in [-0.39, 0.29) is 0 Å². The molecule has 0 aliphatic rings. The maximum absolute atomic E-state index is 5.66. The maximum atomic E-state index is 5.66. The third kappa shape index (κ3) is 3.01. The molecule has 72 valence electrons. The Kier molecular flexibility index (Phi) is 3.23. The number of nitrogen functional groups attached to an aromatic ring is 1. The van der Waals surface area contributed by atoms with Crippen molar-refractivity contribution in [3.8, 4) is 0 Å². The van der Waals surface area contributed by atoms with Crippen molar-refractivity contribution in [1.82, 2.24) is 9.97 Å². The summed E-state index contributed by atoms with van der Waals surface area (Å²) in [6.45, 7) is 6.37. The zero-order valence-electron chi connectivity index (χ0n) is 8.54.